The van der Waals surface area contributed by atoms with Gasteiger partial charge in [0.25, 0.3) is 5.91 Å². The zero-order valence-electron chi connectivity index (χ0n) is 17.9. The highest BCUT2D eigenvalue weighted by molar-refractivity contribution is 7.08. The molecule has 1 atom stereocenters. The maximum Gasteiger partial charge on any atom is 0.252 e. The second-order valence-corrected chi connectivity index (χ2v) is 9.58. The van der Waals surface area contributed by atoms with Gasteiger partial charge in [0.2, 0.25) is 0 Å². The number of nitrogens with one attached hydrogen (secondary N) is 1. The van der Waals surface area contributed by atoms with Crippen molar-refractivity contribution >= 4 is 23.0 Å². The van der Waals surface area contributed by atoms with Crippen LogP contribution in [-0.2, 0) is 9.59 Å². The molecule has 1 saturated heterocycles. The molecular formula is C26H28N2O2S. The van der Waals surface area contributed by atoms with Crippen molar-refractivity contribution in [3.63, 3.8) is 0 Å². The first-order valence-corrected chi connectivity index (χ1v) is 12.2. The maximum atomic E-state index is 13.8. The van der Waals surface area contributed by atoms with Gasteiger partial charge in [0.05, 0.1) is 0 Å². The minimum absolute atomic E-state index is 0.0811. The lowest BCUT2D eigenvalue weighted by Crippen LogP contribution is -2.43. The number of hydrogen-bond acceptors (Lipinski definition) is 4. The highest BCUT2D eigenvalue weighted by Crippen LogP contribution is 2.43. The van der Waals surface area contributed by atoms with E-state index in [0.29, 0.717) is 12.3 Å². The van der Waals surface area contributed by atoms with E-state index in [2.05, 4.69) is 41.0 Å². The number of rotatable bonds is 3. The zero-order valence-corrected chi connectivity index (χ0v) is 18.7. The predicted molar refractivity (Wildman–Crippen MR) is 124 cm³/mol. The Labute approximate surface area is 187 Å². The molecule has 31 heavy (non-hydrogen) atoms. The molecule has 0 radical (unpaired) electrons. The number of thiophene rings is 1. The standard InChI is InChI=1S/C26H28N2O2S/c1-17-23(26(30)28-13-10-19(11-14-28)18-6-3-2-4-7-18)24(20-12-15-31-16-20)25-21(27-17)8-5-9-22(25)29/h2-4,6-7,12,15-16,19,24,27H,5,8-11,13-14H2,1H3. The monoisotopic (exact) mass is 432 g/mol. The third kappa shape index (κ3) is 3.76. The Hall–Kier alpha value is -2.66. The van der Waals surface area contributed by atoms with Crippen LogP contribution in [0.4, 0.5) is 0 Å². The minimum atomic E-state index is -0.241. The number of allylic oxidation sites excluding steroid dienone is 3. The molecule has 1 aromatic heterocycles. The fraction of sp³-hybridized carbons (Fsp3) is 0.385. The van der Waals surface area contributed by atoms with E-state index in [9.17, 15) is 9.59 Å². The van der Waals surface area contributed by atoms with Crippen molar-refractivity contribution in [2.45, 2.75) is 50.9 Å². The normalized spacial score (nSPS) is 22.4. The van der Waals surface area contributed by atoms with E-state index in [0.717, 1.165) is 66.9 Å². The molecule has 2 aromatic rings. The lowest BCUT2D eigenvalue weighted by atomic mass is 9.75. The number of dihydropyridines is 1. The van der Waals surface area contributed by atoms with Crippen molar-refractivity contribution < 1.29 is 9.59 Å². The second-order valence-electron chi connectivity index (χ2n) is 8.80. The second kappa shape index (κ2) is 8.46. The fourth-order valence-corrected chi connectivity index (χ4v) is 6.04. The minimum Gasteiger partial charge on any atom is -0.362 e. The van der Waals surface area contributed by atoms with E-state index in [4.69, 9.17) is 0 Å². The third-order valence-corrected chi connectivity index (χ3v) is 7.64. The Kier molecular flexibility index (Phi) is 5.53. The summed E-state index contributed by atoms with van der Waals surface area (Å²) in [6, 6.07) is 12.7. The molecule has 4 nitrogen and oxygen atoms in total. The molecule has 1 fully saturated rings. The Morgan fingerprint density at radius 3 is 2.55 bits per heavy atom. The molecule has 0 spiro atoms. The van der Waals surface area contributed by atoms with Crippen LogP contribution in [0.2, 0.25) is 0 Å². The average molecular weight is 433 g/mol. The largest absolute Gasteiger partial charge is 0.362 e. The molecule has 0 saturated carbocycles. The van der Waals surface area contributed by atoms with Crippen LogP contribution in [0.3, 0.4) is 0 Å². The highest BCUT2D eigenvalue weighted by atomic mass is 32.1. The Morgan fingerprint density at radius 1 is 1.06 bits per heavy atom. The maximum absolute atomic E-state index is 13.8. The SMILES string of the molecule is CC1=C(C(=O)N2CCC(c3ccccc3)CC2)C(c2ccsc2)C2=C(CCCC2=O)N1. The van der Waals surface area contributed by atoms with Gasteiger partial charge in [0.1, 0.15) is 0 Å². The number of nitrogens with zero attached hydrogens (tertiary/aromatic N) is 1. The van der Waals surface area contributed by atoms with Crippen molar-refractivity contribution in [2.75, 3.05) is 13.1 Å². The number of hydrogen-bond donors (Lipinski definition) is 1. The lowest BCUT2D eigenvalue weighted by molar-refractivity contribution is -0.128. The molecule has 2 aliphatic heterocycles. The van der Waals surface area contributed by atoms with E-state index < -0.39 is 0 Å². The van der Waals surface area contributed by atoms with Crippen LogP contribution >= 0.6 is 11.3 Å². The Morgan fingerprint density at radius 2 is 1.84 bits per heavy atom. The molecule has 3 heterocycles. The summed E-state index contributed by atoms with van der Waals surface area (Å²) in [5, 5.41) is 7.56. The van der Waals surface area contributed by atoms with Gasteiger partial charge in [-0.2, -0.15) is 11.3 Å². The molecule has 1 aromatic carbocycles. The molecule has 5 heteroatoms. The predicted octanol–water partition coefficient (Wildman–Crippen LogP) is 5.12. The summed E-state index contributed by atoms with van der Waals surface area (Å²) in [4.78, 5) is 28.7. The summed E-state index contributed by atoms with van der Waals surface area (Å²) < 4.78 is 0. The van der Waals surface area contributed by atoms with Crippen molar-refractivity contribution in [2.24, 2.45) is 0 Å². The van der Waals surface area contributed by atoms with Gasteiger partial charge in [0, 0.05) is 48.0 Å². The highest BCUT2D eigenvalue weighted by Gasteiger charge is 2.40. The number of likely N-dealkylation sites (tertiary alicyclic amines) is 1. The molecule has 5 rings (SSSR count). The van der Waals surface area contributed by atoms with Crippen LogP contribution in [0.5, 0.6) is 0 Å². The van der Waals surface area contributed by atoms with E-state index in [1.165, 1.54) is 5.56 Å². The zero-order chi connectivity index (χ0) is 21.4. The number of carbonyl (C=O) groups excluding carboxylic acids is 2. The summed E-state index contributed by atoms with van der Waals surface area (Å²) in [5.74, 6) is 0.532. The average Bonchev–Trinajstić information content (AvgIpc) is 3.33. The molecule has 1 amide bonds. The van der Waals surface area contributed by atoms with Crippen molar-refractivity contribution in [1.82, 2.24) is 10.2 Å². The molecule has 1 N–H and O–H groups in total. The quantitative estimate of drug-likeness (QED) is 0.732. The number of amides is 1. The van der Waals surface area contributed by atoms with Gasteiger partial charge in [-0.15, -0.1) is 0 Å². The van der Waals surface area contributed by atoms with Gasteiger partial charge in [-0.25, -0.2) is 0 Å². The number of carbonyl (C=O) groups is 2. The van der Waals surface area contributed by atoms with Gasteiger partial charge in [-0.1, -0.05) is 30.3 Å². The lowest BCUT2D eigenvalue weighted by Gasteiger charge is -2.38. The molecule has 1 unspecified atom stereocenters. The number of ketones is 1. The van der Waals surface area contributed by atoms with Crippen molar-refractivity contribution in [3.8, 4) is 0 Å². The van der Waals surface area contributed by atoms with Crippen LogP contribution in [0.25, 0.3) is 0 Å². The third-order valence-electron chi connectivity index (χ3n) is 6.94. The van der Waals surface area contributed by atoms with Crippen LogP contribution < -0.4 is 5.32 Å². The summed E-state index contributed by atoms with van der Waals surface area (Å²) in [5.41, 5.74) is 5.92. The molecule has 0 bridgehead atoms. The molecule has 3 aliphatic rings. The van der Waals surface area contributed by atoms with Crippen LogP contribution in [-0.4, -0.2) is 29.7 Å². The number of piperidine rings is 1. The van der Waals surface area contributed by atoms with Gasteiger partial charge in [0.15, 0.2) is 5.78 Å². The van der Waals surface area contributed by atoms with Gasteiger partial charge in [-0.3, -0.25) is 9.59 Å². The van der Waals surface area contributed by atoms with Gasteiger partial charge < -0.3 is 10.2 Å². The topological polar surface area (TPSA) is 49.4 Å². The summed E-state index contributed by atoms with van der Waals surface area (Å²) in [7, 11) is 0. The van der Waals surface area contributed by atoms with E-state index >= 15 is 0 Å². The number of benzene rings is 1. The summed E-state index contributed by atoms with van der Waals surface area (Å²) in [6.07, 6.45) is 4.29. The van der Waals surface area contributed by atoms with E-state index in [1.807, 2.05) is 23.3 Å². The van der Waals surface area contributed by atoms with Crippen LogP contribution in [0.15, 0.2) is 69.7 Å². The summed E-state index contributed by atoms with van der Waals surface area (Å²) >= 11 is 1.62. The van der Waals surface area contributed by atoms with E-state index in [-0.39, 0.29) is 17.6 Å². The van der Waals surface area contributed by atoms with Crippen molar-refractivity contribution in [1.29, 1.82) is 0 Å². The first-order valence-electron chi connectivity index (χ1n) is 11.2. The first-order chi connectivity index (χ1) is 15.1. The van der Waals surface area contributed by atoms with Gasteiger partial charge in [-0.05, 0) is 66.5 Å². The Balaban J connectivity index is 1.42. The molecular weight excluding hydrogens is 404 g/mol. The first kappa shape index (κ1) is 20.3. The number of Topliss-reactive ketones (excluding diaryl/α,β-unsaturated/α-hetero) is 1. The summed E-state index contributed by atoms with van der Waals surface area (Å²) in [6.45, 7) is 3.50. The smallest absolute Gasteiger partial charge is 0.252 e. The van der Waals surface area contributed by atoms with E-state index in [1.54, 1.807) is 11.3 Å². The Bertz CT molecular complexity index is 1040. The van der Waals surface area contributed by atoms with Crippen molar-refractivity contribution in [3.05, 3.63) is 80.8 Å². The van der Waals surface area contributed by atoms with Crippen LogP contribution in [0, 0.1) is 0 Å². The van der Waals surface area contributed by atoms with Gasteiger partial charge >= 0.3 is 0 Å². The molecule has 1 aliphatic carbocycles. The van der Waals surface area contributed by atoms with Crippen LogP contribution in [0.1, 0.15) is 62.0 Å². The molecule has 160 valence electrons. The fourth-order valence-electron chi connectivity index (χ4n) is 5.35.